The fourth-order valence-corrected chi connectivity index (χ4v) is 2.75. The summed E-state index contributed by atoms with van der Waals surface area (Å²) in [4.78, 5) is 32.1. The van der Waals surface area contributed by atoms with E-state index < -0.39 is 0 Å². The molecule has 2 aliphatic rings. The smallest absolute Gasteiger partial charge is 0.272 e. The number of hydrogen-bond acceptors (Lipinski definition) is 3. The number of nitrogens with zero attached hydrogens (tertiary/aromatic N) is 3. The number of rotatable bonds is 2. The molecule has 0 atom stereocenters. The van der Waals surface area contributed by atoms with E-state index in [1.807, 2.05) is 4.90 Å². The highest BCUT2D eigenvalue weighted by Gasteiger charge is 2.35. The molecule has 3 rings (SSSR count). The SMILES string of the molecule is O=C(c1cccc(Br)n1)N1CCN(C(=O)C2CC2)CC1. The molecule has 1 aromatic heterocycles. The predicted molar refractivity (Wildman–Crippen MR) is 77.1 cm³/mol. The molecule has 0 bridgehead atoms. The summed E-state index contributed by atoms with van der Waals surface area (Å²) in [5, 5.41) is 0. The summed E-state index contributed by atoms with van der Waals surface area (Å²) >= 11 is 3.27. The zero-order chi connectivity index (χ0) is 14.1. The second-order valence-corrected chi connectivity index (χ2v) is 6.05. The first-order valence-electron chi connectivity index (χ1n) is 6.86. The summed E-state index contributed by atoms with van der Waals surface area (Å²) in [6.07, 6.45) is 2.06. The van der Waals surface area contributed by atoms with Crippen molar-refractivity contribution in [1.82, 2.24) is 14.8 Å². The van der Waals surface area contributed by atoms with E-state index >= 15 is 0 Å². The van der Waals surface area contributed by atoms with Gasteiger partial charge in [0.1, 0.15) is 10.3 Å². The Morgan fingerprint density at radius 2 is 1.75 bits per heavy atom. The van der Waals surface area contributed by atoms with Gasteiger partial charge in [0.05, 0.1) is 0 Å². The van der Waals surface area contributed by atoms with Gasteiger partial charge >= 0.3 is 0 Å². The quantitative estimate of drug-likeness (QED) is 0.769. The summed E-state index contributed by atoms with van der Waals surface area (Å²) in [5.74, 6) is 0.450. The molecule has 0 radical (unpaired) electrons. The van der Waals surface area contributed by atoms with Gasteiger partial charge in [-0.3, -0.25) is 9.59 Å². The molecule has 0 unspecified atom stereocenters. The van der Waals surface area contributed by atoms with Crippen LogP contribution >= 0.6 is 15.9 Å². The standard InChI is InChI=1S/C14H16BrN3O2/c15-12-3-1-2-11(16-12)14(20)18-8-6-17(7-9-18)13(19)10-4-5-10/h1-3,10H,4-9H2. The fourth-order valence-electron chi connectivity index (χ4n) is 2.41. The minimum absolute atomic E-state index is 0.0650. The molecule has 0 N–H and O–H groups in total. The Hall–Kier alpha value is -1.43. The third-order valence-corrected chi connectivity index (χ3v) is 4.18. The van der Waals surface area contributed by atoms with Crippen LogP contribution in [0.15, 0.2) is 22.8 Å². The molecule has 20 heavy (non-hydrogen) atoms. The topological polar surface area (TPSA) is 53.5 Å². The molecule has 1 aliphatic heterocycles. The zero-order valence-electron chi connectivity index (χ0n) is 11.1. The van der Waals surface area contributed by atoms with Crippen LogP contribution in [0.3, 0.4) is 0 Å². The largest absolute Gasteiger partial charge is 0.339 e. The number of pyridine rings is 1. The van der Waals surface area contributed by atoms with Gasteiger partial charge < -0.3 is 9.80 Å². The van der Waals surface area contributed by atoms with Crippen LogP contribution in [-0.2, 0) is 4.79 Å². The molecule has 2 heterocycles. The van der Waals surface area contributed by atoms with Gasteiger partial charge in [-0.05, 0) is 40.9 Å². The lowest BCUT2D eigenvalue weighted by Crippen LogP contribution is -2.51. The van der Waals surface area contributed by atoms with E-state index in [-0.39, 0.29) is 17.7 Å². The van der Waals surface area contributed by atoms with Crippen molar-refractivity contribution in [3.05, 3.63) is 28.5 Å². The first kappa shape index (κ1) is 13.5. The number of amides is 2. The van der Waals surface area contributed by atoms with Gasteiger partial charge in [0.25, 0.3) is 5.91 Å². The van der Waals surface area contributed by atoms with Crippen molar-refractivity contribution < 1.29 is 9.59 Å². The Bertz CT molecular complexity index is 537. The number of piperazine rings is 1. The van der Waals surface area contributed by atoms with Crippen LogP contribution in [0, 0.1) is 5.92 Å². The van der Waals surface area contributed by atoms with Gasteiger partial charge in [-0.1, -0.05) is 6.07 Å². The summed E-state index contributed by atoms with van der Waals surface area (Å²) < 4.78 is 0.658. The lowest BCUT2D eigenvalue weighted by molar-refractivity contribution is -0.134. The normalized spacial score (nSPS) is 19.1. The van der Waals surface area contributed by atoms with Gasteiger partial charge in [-0.15, -0.1) is 0 Å². The van der Waals surface area contributed by atoms with Crippen LogP contribution < -0.4 is 0 Å². The van der Waals surface area contributed by atoms with Crippen molar-refractivity contribution in [1.29, 1.82) is 0 Å². The van der Waals surface area contributed by atoms with Gasteiger partial charge in [-0.25, -0.2) is 4.98 Å². The second kappa shape index (κ2) is 5.52. The number of carbonyl (C=O) groups is 2. The van der Waals surface area contributed by atoms with Crippen LogP contribution in [-0.4, -0.2) is 52.8 Å². The van der Waals surface area contributed by atoms with Gasteiger partial charge in [0, 0.05) is 32.1 Å². The van der Waals surface area contributed by atoms with E-state index in [1.165, 1.54) is 0 Å². The molecular weight excluding hydrogens is 322 g/mol. The van der Waals surface area contributed by atoms with Crippen molar-refractivity contribution in [2.75, 3.05) is 26.2 Å². The van der Waals surface area contributed by atoms with Gasteiger partial charge in [0.15, 0.2) is 0 Å². The summed E-state index contributed by atoms with van der Waals surface area (Å²) in [6, 6.07) is 5.31. The summed E-state index contributed by atoms with van der Waals surface area (Å²) in [7, 11) is 0. The molecule has 1 aliphatic carbocycles. The molecule has 0 spiro atoms. The van der Waals surface area contributed by atoms with Crippen molar-refractivity contribution in [2.24, 2.45) is 5.92 Å². The summed E-state index contributed by atoms with van der Waals surface area (Å²) in [6.45, 7) is 2.45. The van der Waals surface area contributed by atoms with Crippen molar-refractivity contribution >= 4 is 27.7 Å². The van der Waals surface area contributed by atoms with Crippen LogP contribution in [0.4, 0.5) is 0 Å². The second-order valence-electron chi connectivity index (χ2n) is 5.24. The maximum Gasteiger partial charge on any atom is 0.272 e. The molecule has 1 saturated carbocycles. The van der Waals surface area contributed by atoms with E-state index in [0.717, 1.165) is 12.8 Å². The fraction of sp³-hybridized carbons (Fsp3) is 0.500. The molecule has 1 saturated heterocycles. The Labute approximate surface area is 126 Å². The Morgan fingerprint density at radius 1 is 1.10 bits per heavy atom. The van der Waals surface area contributed by atoms with Gasteiger partial charge in [-0.2, -0.15) is 0 Å². The molecule has 106 valence electrons. The highest BCUT2D eigenvalue weighted by molar-refractivity contribution is 9.10. The van der Waals surface area contributed by atoms with E-state index in [2.05, 4.69) is 20.9 Å². The molecule has 2 fully saturated rings. The molecule has 0 aromatic carbocycles. The maximum atomic E-state index is 12.3. The van der Waals surface area contributed by atoms with Crippen LogP contribution in [0.25, 0.3) is 0 Å². The van der Waals surface area contributed by atoms with Crippen molar-refractivity contribution in [3.63, 3.8) is 0 Å². The molecule has 5 nitrogen and oxygen atoms in total. The van der Waals surface area contributed by atoms with E-state index in [4.69, 9.17) is 0 Å². The maximum absolute atomic E-state index is 12.3. The number of hydrogen-bond donors (Lipinski definition) is 0. The first-order valence-corrected chi connectivity index (χ1v) is 7.65. The average molecular weight is 338 g/mol. The van der Waals surface area contributed by atoms with Crippen LogP contribution in [0.1, 0.15) is 23.3 Å². The Balaban J connectivity index is 1.60. The van der Waals surface area contributed by atoms with E-state index in [9.17, 15) is 9.59 Å². The van der Waals surface area contributed by atoms with Crippen molar-refractivity contribution in [3.8, 4) is 0 Å². The number of aromatic nitrogens is 1. The first-order chi connectivity index (χ1) is 9.65. The molecular formula is C14H16BrN3O2. The molecule has 6 heteroatoms. The predicted octanol–water partition coefficient (Wildman–Crippen LogP) is 1.54. The monoisotopic (exact) mass is 337 g/mol. The third kappa shape index (κ3) is 2.85. The van der Waals surface area contributed by atoms with Gasteiger partial charge in [0.2, 0.25) is 5.91 Å². The molecule has 1 aromatic rings. The number of carbonyl (C=O) groups excluding carboxylic acids is 2. The Kier molecular flexibility index (Phi) is 3.74. The van der Waals surface area contributed by atoms with Crippen LogP contribution in [0.5, 0.6) is 0 Å². The van der Waals surface area contributed by atoms with E-state index in [0.29, 0.717) is 36.5 Å². The highest BCUT2D eigenvalue weighted by Crippen LogP contribution is 2.31. The van der Waals surface area contributed by atoms with E-state index in [1.54, 1.807) is 23.1 Å². The lowest BCUT2D eigenvalue weighted by Gasteiger charge is -2.34. The van der Waals surface area contributed by atoms with Crippen LogP contribution in [0.2, 0.25) is 0 Å². The minimum atomic E-state index is -0.0650. The minimum Gasteiger partial charge on any atom is -0.339 e. The number of halogens is 1. The lowest BCUT2D eigenvalue weighted by atomic mass is 10.2. The average Bonchev–Trinajstić information content (AvgIpc) is 3.30. The van der Waals surface area contributed by atoms with Crippen molar-refractivity contribution in [2.45, 2.75) is 12.8 Å². The Morgan fingerprint density at radius 3 is 2.35 bits per heavy atom. The molecule has 2 amide bonds. The summed E-state index contributed by atoms with van der Waals surface area (Å²) in [5.41, 5.74) is 0.446. The highest BCUT2D eigenvalue weighted by atomic mass is 79.9. The third-order valence-electron chi connectivity index (χ3n) is 3.74. The zero-order valence-corrected chi connectivity index (χ0v) is 12.7.